The standard InChI is InChI=1S/C21H24N4O3S2/c1-3-14-30(27,28)24-18-10-8-17(9-11-18)23-20(26)15-29-21-22-12-13-25(21)19-7-5-4-6-16(19)2/h4-13,24H,3,14-15H2,1-2H3,(H,23,26). The van der Waals surface area contributed by atoms with E-state index in [4.69, 9.17) is 0 Å². The smallest absolute Gasteiger partial charge is 0.234 e. The summed E-state index contributed by atoms with van der Waals surface area (Å²) in [5.41, 5.74) is 3.22. The number of nitrogens with one attached hydrogen (secondary N) is 2. The predicted octanol–water partition coefficient (Wildman–Crippen LogP) is 4.06. The minimum absolute atomic E-state index is 0.0704. The van der Waals surface area contributed by atoms with Gasteiger partial charge < -0.3 is 5.32 Å². The fourth-order valence-corrected chi connectivity index (χ4v) is 4.76. The Balaban J connectivity index is 1.57. The third kappa shape index (κ3) is 5.87. The normalized spacial score (nSPS) is 11.3. The molecule has 1 heterocycles. The van der Waals surface area contributed by atoms with Gasteiger partial charge in [0.25, 0.3) is 0 Å². The number of amides is 1. The number of sulfonamides is 1. The van der Waals surface area contributed by atoms with E-state index >= 15 is 0 Å². The van der Waals surface area contributed by atoms with Gasteiger partial charge in [0.1, 0.15) is 0 Å². The molecule has 0 saturated carbocycles. The first-order chi connectivity index (χ1) is 14.4. The first kappa shape index (κ1) is 21.9. The zero-order valence-electron chi connectivity index (χ0n) is 16.8. The van der Waals surface area contributed by atoms with Gasteiger partial charge in [0, 0.05) is 23.8 Å². The van der Waals surface area contributed by atoms with Crippen molar-refractivity contribution in [3.8, 4) is 5.69 Å². The lowest BCUT2D eigenvalue weighted by atomic mass is 10.2. The second kappa shape index (κ2) is 9.82. The van der Waals surface area contributed by atoms with Crippen molar-refractivity contribution in [2.75, 3.05) is 21.5 Å². The molecule has 1 amide bonds. The number of thioether (sulfide) groups is 1. The molecule has 2 N–H and O–H groups in total. The molecule has 0 aliphatic carbocycles. The maximum absolute atomic E-state index is 12.3. The average Bonchev–Trinajstić information content (AvgIpc) is 3.16. The van der Waals surface area contributed by atoms with Crippen molar-refractivity contribution < 1.29 is 13.2 Å². The van der Waals surface area contributed by atoms with Crippen molar-refractivity contribution in [3.63, 3.8) is 0 Å². The molecule has 7 nitrogen and oxygen atoms in total. The first-order valence-corrected chi connectivity index (χ1v) is 12.1. The fraction of sp³-hybridized carbons (Fsp3) is 0.238. The van der Waals surface area contributed by atoms with Gasteiger partial charge in [0.05, 0.1) is 17.2 Å². The van der Waals surface area contributed by atoms with Crippen LogP contribution in [0.4, 0.5) is 11.4 Å². The maximum Gasteiger partial charge on any atom is 0.234 e. The Kier molecular flexibility index (Phi) is 7.17. The molecular formula is C21H24N4O3S2. The average molecular weight is 445 g/mol. The lowest BCUT2D eigenvalue weighted by molar-refractivity contribution is -0.113. The third-order valence-electron chi connectivity index (χ3n) is 4.23. The quantitative estimate of drug-likeness (QED) is 0.486. The van der Waals surface area contributed by atoms with E-state index in [-0.39, 0.29) is 17.4 Å². The van der Waals surface area contributed by atoms with E-state index in [9.17, 15) is 13.2 Å². The summed E-state index contributed by atoms with van der Waals surface area (Å²) in [6.45, 7) is 3.84. The molecule has 0 unspecified atom stereocenters. The van der Waals surface area contributed by atoms with Crippen LogP contribution in [0.3, 0.4) is 0 Å². The highest BCUT2D eigenvalue weighted by Gasteiger charge is 2.11. The number of hydrogen-bond acceptors (Lipinski definition) is 5. The summed E-state index contributed by atoms with van der Waals surface area (Å²) in [4.78, 5) is 16.7. The lowest BCUT2D eigenvalue weighted by Gasteiger charge is -2.11. The monoisotopic (exact) mass is 444 g/mol. The number of imidazole rings is 1. The molecule has 9 heteroatoms. The summed E-state index contributed by atoms with van der Waals surface area (Å²) in [5.74, 6) is 0.105. The highest BCUT2D eigenvalue weighted by Crippen LogP contribution is 2.23. The summed E-state index contributed by atoms with van der Waals surface area (Å²) in [6, 6.07) is 14.6. The largest absolute Gasteiger partial charge is 0.325 e. The van der Waals surface area contributed by atoms with Gasteiger partial charge in [0.2, 0.25) is 15.9 Å². The van der Waals surface area contributed by atoms with Crippen LogP contribution < -0.4 is 10.0 Å². The number of carbonyl (C=O) groups is 1. The molecule has 0 aliphatic heterocycles. The number of anilines is 2. The molecule has 0 saturated heterocycles. The van der Waals surface area contributed by atoms with Gasteiger partial charge in [0.15, 0.2) is 5.16 Å². The summed E-state index contributed by atoms with van der Waals surface area (Å²) < 4.78 is 28.1. The molecular weight excluding hydrogens is 420 g/mol. The third-order valence-corrected chi connectivity index (χ3v) is 6.69. The van der Waals surface area contributed by atoms with Crippen LogP contribution in [-0.2, 0) is 14.8 Å². The molecule has 0 fully saturated rings. The van der Waals surface area contributed by atoms with Gasteiger partial charge in [-0.15, -0.1) is 0 Å². The van der Waals surface area contributed by atoms with Gasteiger partial charge >= 0.3 is 0 Å². The van der Waals surface area contributed by atoms with Crippen molar-refractivity contribution in [1.82, 2.24) is 9.55 Å². The summed E-state index contributed by atoms with van der Waals surface area (Å²) in [7, 11) is -3.33. The molecule has 3 aromatic rings. The molecule has 30 heavy (non-hydrogen) atoms. The Morgan fingerprint density at radius 2 is 1.80 bits per heavy atom. The van der Waals surface area contributed by atoms with Crippen molar-refractivity contribution in [3.05, 3.63) is 66.5 Å². The summed E-state index contributed by atoms with van der Waals surface area (Å²) >= 11 is 1.35. The van der Waals surface area contributed by atoms with E-state index in [1.165, 1.54) is 11.8 Å². The Hall–Kier alpha value is -2.78. The minimum atomic E-state index is -3.33. The Morgan fingerprint density at radius 1 is 1.10 bits per heavy atom. The van der Waals surface area contributed by atoms with Crippen molar-refractivity contribution in [1.29, 1.82) is 0 Å². The van der Waals surface area contributed by atoms with Gasteiger partial charge in [-0.25, -0.2) is 13.4 Å². The number of aryl methyl sites for hydroxylation is 1. The van der Waals surface area contributed by atoms with Gasteiger partial charge in [-0.2, -0.15) is 0 Å². The lowest BCUT2D eigenvalue weighted by Crippen LogP contribution is -2.16. The van der Waals surface area contributed by atoms with E-state index < -0.39 is 10.0 Å². The molecule has 158 valence electrons. The van der Waals surface area contributed by atoms with Crippen molar-refractivity contribution >= 4 is 39.1 Å². The predicted molar refractivity (Wildman–Crippen MR) is 122 cm³/mol. The molecule has 2 aromatic carbocycles. The van der Waals surface area contributed by atoms with Crippen molar-refractivity contribution in [2.45, 2.75) is 25.4 Å². The Morgan fingerprint density at radius 3 is 2.50 bits per heavy atom. The number of rotatable bonds is 9. The molecule has 0 spiro atoms. The van der Waals surface area contributed by atoms with Gasteiger partial charge in [-0.1, -0.05) is 36.9 Å². The zero-order chi connectivity index (χ0) is 21.6. The van der Waals surface area contributed by atoms with Crippen molar-refractivity contribution in [2.24, 2.45) is 0 Å². The second-order valence-corrected chi connectivity index (χ2v) is 9.49. The number of benzene rings is 2. The van der Waals surface area contributed by atoms with Crippen LogP contribution in [0, 0.1) is 6.92 Å². The van der Waals surface area contributed by atoms with Crippen LogP contribution in [0.25, 0.3) is 5.69 Å². The van der Waals surface area contributed by atoms with E-state index in [0.717, 1.165) is 16.4 Å². The Bertz CT molecular complexity index is 1110. The van der Waals surface area contributed by atoms with Gasteiger partial charge in [-0.3, -0.25) is 14.1 Å². The van der Waals surface area contributed by atoms with Crippen LogP contribution in [0.5, 0.6) is 0 Å². The minimum Gasteiger partial charge on any atom is -0.325 e. The van der Waals surface area contributed by atoms with Crippen LogP contribution in [0.15, 0.2) is 66.1 Å². The van der Waals surface area contributed by atoms with E-state index in [1.807, 2.05) is 48.9 Å². The van der Waals surface area contributed by atoms with E-state index in [1.54, 1.807) is 30.5 Å². The summed E-state index contributed by atoms with van der Waals surface area (Å²) in [6.07, 6.45) is 4.13. The fourth-order valence-electron chi connectivity index (χ4n) is 2.86. The van der Waals surface area contributed by atoms with Gasteiger partial charge in [-0.05, 0) is 49.2 Å². The van der Waals surface area contributed by atoms with Crippen LogP contribution in [0.2, 0.25) is 0 Å². The van der Waals surface area contributed by atoms with Crippen LogP contribution in [-0.4, -0.2) is 35.4 Å². The first-order valence-electron chi connectivity index (χ1n) is 9.50. The number of para-hydroxylation sites is 1. The number of carbonyl (C=O) groups excluding carboxylic acids is 1. The van der Waals surface area contributed by atoms with Crippen LogP contribution >= 0.6 is 11.8 Å². The zero-order valence-corrected chi connectivity index (χ0v) is 18.5. The second-order valence-electron chi connectivity index (χ2n) is 6.70. The number of hydrogen-bond donors (Lipinski definition) is 2. The maximum atomic E-state index is 12.3. The number of nitrogens with zero attached hydrogens (tertiary/aromatic N) is 2. The molecule has 1 aromatic heterocycles. The molecule has 0 aliphatic rings. The Labute approximate surface area is 181 Å². The highest BCUT2D eigenvalue weighted by molar-refractivity contribution is 7.99. The number of aromatic nitrogens is 2. The topological polar surface area (TPSA) is 93.1 Å². The SMILES string of the molecule is CCCS(=O)(=O)Nc1ccc(NC(=O)CSc2nccn2-c2ccccc2C)cc1. The molecule has 0 radical (unpaired) electrons. The molecule has 3 rings (SSSR count). The van der Waals surface area contributed by atoms with E-state index in [0.29, 0.717) is 17.8 Å². The summed E-state index contributed by atoms with van der Waals surface area (Å²) in [5, 5.41) is 3.55. The highest BCUT2D eigenvalue weighted by atomic mass is 32.2. The van der Waals surface area contributed by atoms with Crippen LogP contribution in [0.1, 0.15) is 18.9 Å². The molecule has 0 atom stereocenters. The molecule has 0 bridgehead atoms. The van der Waals surface area contributed by atoms with E-state index in [2.05, 4.69) is 15.0 Å².